The quantitative estimate of drug-likeness (QED) is 0.775. The highest BCUT2D eigenvalue weighted by atomic mass is 32.2. The van der Waals surface area contributed by atoms with Crippen LogP contribution in [0.15, 0.2) is 41.4 Å². The van der Waals surface area contributed by atoms with Crippen molar-refractivity contribution in [1.82, 2.24) is 9.97 Å². The Labute approximate surface area is 93.1 Å². The third kappa shape index (κ3) is 2.84. The van der Waals surface area contributed by atoms with Crippen LogP contribution in [0.1, 0.15) is 11.5 Å². The highest BCUT2D eigenvalue weighted by molar-refractivity contribution is 7.98. The lowest BCUT2D eigenvalue weighted by atomic mass is 10.4. The van der Waals surface area contributed by atoms with E-state index in [9.17, 15) is 0 Å². The number of aromatic amines is 1. The van der Waals surface area contributed by atoms with Gasteiger partial charge in [-0.1, -0.05) is 18.2 Å². The van der Waals surface area contributed by atoms with Crippen molar-refractivity contribution in [1.29, 1.82) is 0 Å². The van der Waals surface area contributed by atoms with E-state index in [4.69, 9.17) is 5.73 Å². The minimum Gasteiger partial charge on any atom is -0.344 e. The molecule has 0 aliphatic rings. The summed E-state index contributed by atoms with van der Waals surface area (Å²) in [6.45, 7) is 0.517. The first-order chi connectivity index (χ1) is 7.38. The van der Waals surface area contributed by atoms with Crippen LogP contribution < -0.4 is 5.73 Å². The van der Waals surface area contributed by atoms with Crippen molar-refractivity contribution in [3.05, 3.63) is 48.0 Å². The fourth-order valence-electron chi connectivity index (χ4n) is 1.25. The topological polar surface area (TPSA) is 54.7 Å². The molecule has 0 spiro atoms. The lowest BCUT2D eigenvalue weighted by molar-refractivity contribution is 0.993. The summed E-state index contributed by atoms with van der Waals surface area (Å²) in [6.07, 6.45) is 1.79. The summed E-state index contributed by atoms with van der Waals surface area (Å²) < 4.78 is 0. The number of hydrogen-bond acceptors (Lipinski definition) is 3. The minimum atomic E-state index is 0.517. The first-order valence-electron chi connectivity index (χ1n) is 4.79. The van der Waals surface area contributed by atoms with Gasteiger partial charge in [-0.2, -0.15) is 0 Å². The summed E-state index contributed by atoms with van der Waals surface area (Å²) in [4.78, 5) is 8.67. The van der Waals surface area contributed by atoms with Crippen molar-refractivity contribution in [2.75, 3.05) is 0 Å². The second-order valence-corrected chi connectivity index (χ2v) is 4.21. The fourth-order valence-corrected chi connectivity index (χ4v) is 2.05. The monoisotopic (exact) mass is 219 g/mol. The molecule has 0 saturated heterocycles. The van der Waals surface area contributed by atoms with Crippen molar-refractivity contribution in [3.8, 4) is 0 Å². The van der Waals surface area contributed by atoms with Crippen molar-refractivity contribution >= 4 is 11.8 Å². The first-order valence-corrected chi connectivity index (χ1v) is 5.77. The largest absolute Gasteiger partial charge is 0.344 e. The zero-order valence-corrected chi connectivity index (χ0v) is 9.13. The van der Waals surface area contributed by atoms with Crippen LogP contribution in [0.3, 0.4) is 0 Å². The molecule has 0 atom stereocenters. The van der Waals surface area contributed by atoms with Gasteiger partial charge in [0, 0.05) is 23.3 Å². The number of hydrogen-bond donors (Lipinski definition) is 2. The van der Waals surface area contributed by atoms with Crippen molar-refractivity contribution in [2.24, 2.45) is 5.73 Å². The number of nitrogens with two attached hydrogens (primary N) is 1. The predicted octanol–water partition coefficient (Wildman–Crippen LogP) is 2.16. The van der Waals surface area contributed by atoms with Crippen LogP contribution in [0.25, 0.3) is 0 Å². The molecule has 2 rings (SSSR count). The summed E-state index contributed by atoms with van der Waals surface area (Å²) in [6, 6.07) is 10.3. The highest BCUT2D eigenvalue weighted by Gasteiger charge is 1.99. The molecule has 0 saturated carbocycles. The zero-order valence-electron chi connectivity index (χ0n) is 8.31. The van der Waals surface area contributed by atoms with E-state index in [1.165, 1.54) is 4.90 Å². The van der Waals surface area contributed by atoms with Crippen LogP contribution in [0.5, 0.6) is 0 Å². The van der Waals surface area contributed by atoms with E-state index < -0.39 is 0 Å². The standard InChI is InChI=1S/C11H13N3S/c12-6-9-7-13-11(14-9)8-15-10-4-2-1-3-5-10/h1-5,7H,6,8,12H2,(H,13,14). The molecule has 0 bridgehead atoms. The molecule has 1 heterocycles. The number of nitrogens with one attached hydrogen (secondary N) is 1. The number of nitrogens with zero attached hydrogens (tertiary/aromatic N) is 1. The van der Waals surface area contributed by atoms with Crippen molar-refractivity contribution < 1.29 is 0 Å². The zero-order chi connectivity index (χ0) is 10.5. The van der Waals surface area contributed by atoms with Gasteiger partial charge in [-0.3, -0.25) is 0 Å². The Hall–Kier alpha value is -1.26. The van der Waals surface area contributed by atoms with Gasteiger partial charge in [0.2, 0.25) is 0 Å². The van der Waals surface area contributed by atoms with Gasteiger partial charge >= 0.3 is 0 Å². The van der Waals surface area contributed by atoms with Crippen LogP contribution in [-0.2, 0) is 12.3 Å². The predicted molar refractivity (Wildman–Crippen MR) is 62.5 cm³/mol. The van der Waals surface area contributed by atoms with Gasteiger partial charge in [-0.05, 0) is 12.1 Å². The molecular weight excluding hydrogens is 206 g/mol. The maximum Gasteiger partial charge on any atom is 0.116 e. The number of benzene rings is 1. The second-order valence-electron chi connectivity index (χ2n) is 3.16. The van der Waals surface area contributed by atoms with Gasteiger partial charge < -0.3 is 10.7 Å². The fraction of sp³-hybridized carbons (Fsp3) is 0.182. The van der Waals surface area contributed by atoms with E-state index in [1.54, 1.807) is 18.0 Å². The van der Waals surface area contributed by atoms with Crippen LogP contribution in [-0.4, -0.2) is 9.97 Å². The van der Waals surface area contributed by atoms with Crippen LogP contribution in [0.2, 0.25) is 0 Å². The molecule has 0 amide bonds. The number of imidazole rings is 1. The van der Waals surface area contributed by atoms with Gasteiger partial charge in [0.05, 0.1) is 5.75 Å². The maximum absolute atomic E-state index is 5.49. The number of H-pyrrole nitrogens is 1. The van der Waals surface area contributed by atoms with Gasteiger partial charge in [-0.15, -0.1) is 11.8 Å². The van der Waals surface area contributed by atoms with Crippen LogP contribution in [0, 0.1) is 0 Å². The molecule has 2 aromatic rings. The van der Waals surface area contributed by atoms with Crippen molar-refractivity contribution in [2.45, 2.75) is 17.2 Å². The molecule has 0 aliphatic carbocycles. The molecular formula is C11H13N3S. The molecule has 0 fully saturated rings. The maximum atomic E-state index is 5.49. The lowest BCUT2D eigenvalue weighted by Crippen LogP contribution is -1.96. The lowest BCUT2D eigenvalue weighted by Gasteiger charge is -1.98. The summed E-state index contributed by atoms with van der Waals surface area (Å²) in [5.41, 5.74) is 6.48. The molecule has 78 valence electrons. The molecule has 0 radical (unpaired) electrons. The van der Waals surface area contributed by atoms with Gasteiger partial charge in [0.15, 0.2) is 0 Å². The SMILES string of the molecule is NCc1cnc(CSc2ccccc2)[nH]1. The molecule has 4 heteroatoms. The van der Waals surface area contributed by atoms with E-state index in [0.29, 0.717) is 6.54 Å². The molecule has 1 aromatic heterocycles. The van der Waals surface area contributed by atoms with E-state index in [0.717, 1.165) is 17.3 Å². The van der Waals surface area contributed by atoms with E-state index in [2.05, 4.69) is 22.1 Å². The summed E-state index contributed by atoms with van der Waals surface area (Å²) in [5.74, 6) is 1.83. The third-order valence-electron chi connectivity index (χ3n) is 2.02. The molecule has 3 nitrogen and oxygen atoms in total. The average molecular weight is 219 g/mol. The Morgan fingerprint density at radius 3 is 2.73 bits per heavy atom. The summed E-state index contributed by atoms with van der Waals surface area (Å²) in [5, 5.41) is 0. The Balaban J connectivity index is 1.93. The normalized spacial score (nSPS) is 10.5. The Bertz CT molecular complexity index is 411. The van der Waals surface area contributed by atoms with Gasteiger partial charge in [-0.25, -0.2) is 4.98 Å². The second kappa shape index (κ2) is 5.00. The third-order valence-corrected chi connectivity index (χ3v) is 3.04. The number of aromatic nitrogens is 2. The summed E-state index contributed by atoms with van der Waals surface area (Å²) in [7, 11) is 0. The van der Waals surface area contributed by atoms with E-state index >= 15 is 0 Å². The molecule has 0 unspecified atom stereocenters. The minimum absolute atomic E-state index is 0.517. The van der Waals surface area contributed by atoms with Crippen molar-refractivity contribution in [3.63, 3.8) is 0 Å². The van der Waals surface area contributed by atoms with E-state index in [1.807, 2.05) is 18.2 Å². The molecule has 1 aromatic carbocycles. The van der Waals surface area contributed by atoms with Gasteiger partial charge in [0.25, 0.3) is 0 Å². The van der Waals surface area contributed by atoms with Crippen LogP contribution in [0.4, 0.5) is 0 Å². The molecule has 3 N–H and O–H groups in total. The van der Waals surface area contributed by atoms with Gasteiger partial charge in [0.1, 0.15) is 5.82 Å². The number of thioether (sulfide) groups is 1. The molecule has 15 heavy (non-hydrogen) atoms. The smallest absolute Gasteiger partial charge is 0.116 e. The highest BCUT2D eigenvalue weighted by Crippen LogP contribution is 2.20. The Kier molecular flexibility index (Phi) is 3.42. The average Bonchev–Trinajstić information content (AvgIpc) is 2.76. The first kappa shape index (κ1) is 10.3. The molecule has 0 aliphatic heterocycles. The van der Waals surface area contributed by atoms with Crippen LogP contribution >= 0.6 is 11.8 Å². The Morgan fingerprint density at radius 1 is 1.27 bits per heavy atom. The summed E-state index contributed by atoms with van der Waals surface area (Å²) >= 11 is 1.76. The van der Waals surface area contributed by atoms with E-state index in [-0.39, 0.29) is 0 Å². The Morgan fingerprint density at radius 2 is 2.07 bits per heavy atom. The number of rotatable bonds is 4.